The summed E-state index contributed by atoms with van der Waals surface area (Å²) in [7, 11) is -4.22. The average molecular weight is 582 g/mol. The van der Waals surface area contributed by atoms with E-state index in [1.165, 1.54) is 6.07 Å². The molecule has 1 unspecified atom stereocenters. The summed E-state index contributed by atoms with van der Waals surface area (Å²) in [6.07, 6.45) is 2.28. The van der Waals surface area contributed by atoms with Crippen LogP contribution in [0.2, 0.25) is 5.02 Å². The van der Waals surface area contributed by atoms with Crippen LogP contribution >= 0.6 is 22.9 Å². The van der Waals surface area contributed by atoms with Gasteiger partial charge >= 0.3 is 0 Å². The molecule has 0 saturated carbocycles. The van der Waals surface area contributed by atoms with Crippen LogP contribution in [-0.2, 0) is 19.6 Å². The third kappa shape index (κ3) is 5.98. The van der Waals surface area contributed by atoms with E-state index in [1.807, 2.05) is 0 Å². The van der Waals surface area contributed by atoms with Crippen molar-refractivity contribution in [3.8, 4) is 0 Å². The number of hydrogen-bond donors (Lipinski definition) is 2. The first-order valence-electron chi connectivity index (χ1n) is 12.2. The van der Waals surface area contributed by atoms with Gasteiger partial charge < -0.3 is 10.2 Å². The van der Waals surface area contributed by atoms with Gasteiger partial charge in [0.15, 0.2) is 0 Å². The van der Waals surface area contributed by atoms with Gasteiger partial charge in [0.1, 0.15) is 10.3 Å². The molecule has 0 radical (unpaired) electrons. The Kier molecular flexibility index (Phi) is 7.69. The number of benzene rings is 3. The summed E-state index contributed by atoms with van der Waals surface area (Å²) in [6, 6.07) is 20.1. The van der Waals surface area contributed by atoms with Crippen molar-refractivity contribution < 1.29 is 22.8 Å². The predicted molar refractivity (Wildman–Crippen MR) is 151 cm³/mol. The zero-order chi connectivity index (χ0) is 27.6. The lowest BCUT2D eigenvalue weighted by Crippen LogP contribution is -2.42. The quantitative estimate of drug-likeness (QED) is 0.317. The van der Waals surface area contributed by atoms with E-state index in [4.69, 9.17) is 11.6 Å². The molecular formula is C28H24ClN3O5S2. The number of anilines is 1. The van der Waals surface area contributed by atoms with Gasteiger partial charge in [-0.05, 0) is 66.3 Å². The summed E-state index contributed by atoms with van der Waals surface area (Å²) in [5.74, 6) is -1.42. The lowest BCUT2D eigenvalue weighted by molar-refractivity contribution is -0.121. The first-order valence-corrected chi connectivity index (χ1v) is 14.9. The molecule has 5 rings (SSSR count). The molecule has 1 aliphatic rings. The van der Waals surface area contributed by atoms with Crippen molar-refractivity contribution in [3.05, 3.63) is 95.0 Å². The number of halogens is 1. The van der Waals surface area contributed by atoms with E-state index in [9.17, 15) is 22.8 Å². The second-order valence-corrected chi connectivity index (χ2v) is 12.5. The third-order valence-corrected chi connectivity index (χ3v) is 9.55. The summed E-state index contributed by atoms with van der Waals surface area (Å²) in [4.78, 5) is 40.4. The standard InChI is InChI=1S/C28H24ClN3O5S2/c29-21-12-9-20-16-25(38-23(20)17-21)39(36,37)31-28(35)26(18-6-2-1-3-7-18)30-27(34)19-10-13-22(14-11-19)32-15-5-4-8-24(32)33/h1-3,6-7,9-14,16-17,26H,4-5,8,15H2,(H,30,34)(H,31,35). The Hall–Kier alpha value is -3.73. The van der Waals surface area contributed by atoms with Crippen LogP contribution in [0.25, 0.3) is 10.1 Å². The van der Waals surface area contributed by atoms with Gasteiger partial charge in [-0.15, -0.1) is 11.3 Å². The van der Waals surface area contributed by atoms with Gasteiger partial charge in [-0.1, -0.05) is 48.0 Å². The van der Waals surface area contributed by atoms with Crippen LogP contribution in [0.4, 0.5) is 5.69 Å². The smallest absolute Gasteiger partial charge is 0.273 e. The van der Waals surface area contributed by atoms with Crippen molar-refractivity contribution >= 4 is 66.5 Å². The van der Waals surface area contributed by atoms with Crippen molar-refractivity contribution in [2.75, 3.05) is 11.4 Å². The minimum atomic E-state index is -4.22. The van der Waals surface area contributed by atoms with Gasteiger partial charge in [0.2, 0.25) is 5.91 Å². The SMILES string of the molecule is O=C(NC(C(=O)NS(=O)(=O)c1cc2ccc(Cl)cc2s1)c1ccccc1)c1ccc(N2CCCCC2=O)cc1. The molecule has 3 aromatic carbocycles. The van der Waals surface area contributed by atoms with Crippen LogP contribution < -0.4 is 14.9 Å². The summed E-state index contributed by atoms with van der Waals surface area (Å²) < 4.78 is 28.9. The number of thiophene rings is 1. The van der Waals surface area contributed by atoms with Gasteiger partial charge in [0, 0.05) is 33.9 Å². The molecule has 2 heterocycles. The fourth-order valence-electron chi connectivity index (χ4n) is 4.39. The van der Waals surface area contributed by atoms with E-state index in [0.29, 0.717) is 39.3 Å². The number of hydrogen-bond acceptors (Lipinski definition) is 6. The second-order valence-electron chi connectivity index (χ2n) is 9.08. The Balaban J connectivity index is 1.36. The molecule has 1 fully saturated rings. The minimum absolute atomic E-state index is 0.0437. The number of piperidine rings is 1. The molecule has 8 nitrogen and oxygen atoms in total. The summed E-state index contributed by atoms with van der Waals surface area (Å²) >= 11 is 7.01. The zero-order valence-electron chi connectivity index (χ0n) is 20.6. The van der Waals surface area contributed by atoms with Crippen LogP contribution in [-0.4, -0.2) is 32.7 Å². The lowest BCUT2D eigenvalue weighted by Gasteiger charge is -2.27. The van der Waals surface area contributed by atoms with Crippen LogP contribution in [0.1, 0.15) is 41.2 Å². The second kappa shape index (κ2) is 11.2. The van der Waals surface area contributed by atoms with Crippen molar-refractivity contribution in [1.29, 1.82) is 0 Å². The van der Waals surface area contributed by atoms with E-state index in [2.05, 4.69) is 10.0 Å². The van der Waals surface area contributed by atoms with Crippen molar-refractivity contribution in [2.45, 2.75) is 29.5 Å². The Morgan fingerprint density at radius 3 is 2.41 bits per heavy atom. The zero-order valence-corrected chi connectivity index (χ0v) is 23.0. The molecule has 11 heteroatoms. The summed E-state index contributed by atoms with van der Waals surface area (Å²) in [5, 5.41) is 3.81. The molecule has 3 amide bonds. The first kappa shape index (κ1) is 26.9. The molecule has 4 aromatic rings. The van der Waals surface area contributed by atoms with E-state index >= 15 is 0 Å². The monoisotopic (exact) mass is 581 g/mol. The van der Waals surface area contributed by atoms with E-state index < -0.39 is 27.9 Å². The number of carbonyl (C=O) groups excluding carboxylic acids is 3. The Labute approximate surface area is 234 Å². The molecule has 0 spiro atoms. The van der Waals surface area contributed by atoms with Crippen molar-refractivity contribution in [2.24, 2.45) is 0 Å². The fourth-order valence-corrected chi connectivity index (χ4v) is 7.06. The van der Waals surface area contributed by atoms with Crippen LogP contribution in [0, 0.1) is 0 Å². The highest BCUT2D eigenvalue weighted by Gasteiger charge is 2.29. The molecular weight excluding hydrogens is 558 g/mol. The topological polar surface area (TPSA) is 113 Å². The Morgan fingerprint density at radius 1 is 0.949 bits per heavy atom. The number of amides is 3. The average Bonchev–Trinajstić information content (AvgIpc) is 3.37. The maximum atomic E-state index is 13.3. The Morgan fingerprint density at radius 2 is 1.69 bits per heavy atom. The summed E-state index contributed by atoms with van der Waals surface area (Å²) in [6.45, 7) is 0.627. The van der Waals surface area contributed by atoms with Crippen molar-refractivity contribution in [1.82, 2.24) is 10.0 Å². The molecule has 200 valence electrons. The van der Waals surface area contributed by atoms with Crippen LogP contribution in [0.5, 0.6) is 0 Å². The number of carbonyl (C=O) groups is 3. The minimum Gasteiger partial charge on any atom is -0.336 e. The normalized spacial score (nSPS) is 14.7. The maximum Gasteiger partial charge on any atom is 0.273 e. The highest BCUT2D eigenvalue weighted by Crippen LogP contribution is 2.31. The largest absolute Gasteiger partial charge is 0.336 e. The highest BCUT2D eigenvalue weighted by molar-refractivity contribution is 7.92. The number of nitrogens with one attached hydrogen (secondary N) is 2. The summed E-state index contributed by atoms with van der Waals surface area (Å²) in [5.41, 5.74) is 1.38. The molecule has 1 saturated heterocycles. The highest BCUT2D eigenvalue weighted by atomic mass is 35.5. The lowest BCUT2D eigenvalue weighted by atomic mass is 10.1. The van der Waals surface area contributed by atoms with Gasteiger partial charge in [-0.3, -0.25) is 14.4 Å². The number of rotatable bonds is 7. The molecule has 1 atom stereocenters. The first-order chi connectivity index (χ1) is 18.7. The van der Waals surface area contributed by atoms with E-state index in [1.54, 1.807) is 77.7 Å². The molecule has 0 bridgehead atoms. The predicted octanol–water partition coefficient (Wildman–Crippen LogP) is 5.05. The number of nitrogens with zero attached hydrogens (tertiary/aromatic N) is 1. The Bertz CT molecular complexity index is 1650. The molecule has 0 aliphatic carbocycles. The van der Waals surface area contributed by atoms with E-state index in [0.717, 1.165) is 24.2 Å². The molecule has 39 heavy (non-hydrogen) atoms. The van der Waals surface area contributed by atoms with Crippen LogP contribution in [0.3, 0.4) is 0 Å². The van der Waals surface area contributed by atoms with Crippen LogP contribution in [0.15, 0.2) is 83.1 Å². The number of fused-ring (bicyclic) bond motifs is 1. The maximum absolute atomic E-state index is 13.3. The number of sulfonamides is 1. The molecule has 2 N–H and O–H groups in total. The van der Waals surface area contributed by atoms with Gasteiger partial charge in [0.05, 0.1) is 0 Å². The third-order valence-electron chi connectivity index (χ3n) is 6.39. The molecule has 1 aromatic heterocycles. The van der Waals surface area contributed by atoms with E-state index in [-0.39, 0.29) is 15.7 Å². The van der Waals surface area contributed by atoms with Gasteiger partial charge in [-0.25, -0.2) is 13.1 Å². The molecule has 1 aliphatic heterocycles. The van der Waals surface area contributed by atoms with Crippen molar-refractivity contribution in [3.63, 3.8) is 0 Å². The fraction of sp³-hybridized carbons (Fsp3) is 0.179. The van der Waals surface area contributed by atoms with Gasteiger partial charge in [-0.2, -0.15) is 0 Å². The van der Waals surface area contributed by atoms with Gasteiger partial charge in [0.25, 0.3) is 21.8 Å².